The number of fused-ring (bicyclic) bond motifs is 2. The van der Waals surface area contributed by atoms with Crippen LogP contribution in [0.2, 0.25) is 0 Å². The Morgan fingerprint density at radius 3 is 1.89 bits per heavy atom. The first-order valence-corrected chi connectivity index (χ1v) is 21.3. The van der Waals surface area contributed by atoms with Gasteiger partial charge in [0, 0.05) is 15.4 Å². The SMILES string of the molecule is [N-]=[N+]=N[C@@H]1[C@@H](OCc2ccccc2)[C@H](OCc2ccccc2)[C@@H](CO[C@@H]2O[C@@H]3COC(c4ccccc4)O[C@H]3[C@H](O)[C@H]2N2C(=O)c3ccccc3C2=O)O[C@H]1Sc1ccccc1. The molecule has 318 valence electrons. The molecule has 4 aliphatic rings. The maximum absolute atomic E-state index is 14.1. The number of nitrogens with zero attached hydrogens (tertiary/aromatic N) is 4. The Hall–Kier alpha value is -5.42. The molecule has 62 heavy (non-hydrogen) atoms. The van der Waals surface area contributed by atoms with Crippen LogP contribution in [0.25, 0.3) is 10.4 Å². The summed E-state index contributed by atoms with van der Waals surface area (Å²) in [5.74, 6) is -1.19. The minimum absolute atomic E-state index is 0.0256. The van der Waals surface area contributed by atoms with Crippen molar-refractivity contribution < 1.29 is 47.9 Å². The van der Waals surface area contributed by atoms with E-state index >= 15 is 0 Å². The third-order valence-electron chi connectivity index (χ3n) is 11.3. The average Bonchev–Trinajstić information content (AvgIpc) is 3.57. The molecule has 3 fully saturated rings. The summed E-state index contributed by atoms with van der Waals surface area (Å²) in [6, 6.07) is 42.4. The molecule has 15 heteroatoms. The lowest BCUT2D eigenvalue weighted by Crippen LogP contribution is -2.68. The number of benzene rings is 5. The number of hydrogen-bond donors (Lipinski definition) is 1. The number of ether oxygens (including phenoxy) is 7. The third kappa shape index (κ3) is 8.91. The molecule has 0 radical (unpaired) electrons. The zero-order valence-electron chi connectivity index (χ0n) is 33.4. The topological polar surface area (TPSA) is 171 Å². The molecule has 3 saturated heterocycles. The molecule has 0 aliphatic carbocycles. The van der Waals surface area contributed by atoms with Crippen molar-refractivity contribution in [3.8, 4) is 0 Å². The van der Waals surface area contributed by atoms with Crippen LogP contribution in [0.15, 0.2) is 156 Å². The van der Waals surface area contributed by atoms with E-state index in [4.69, 9.17) is 33.2 Å². The minimum Gasteiger partial charge on any atom is -0.388 e. The van der Waals surface area contributed by atoms with Crippen LogP contribution in [-0.2, 0) is 46.4 Å². The summed E-state index contributed by atoms with van der Waals surface area (Å²) in [5, 5.41) is 16.5. The van der Waals surface area contributed by atoms with Crippen molar-refractivity contribution in [2.45, 2.75) is 84.8 Å². The maximum Gasteiger partial charge on any atom is 0.262 e. The van der Waals surface area contributed by atoms with E-state index in [0.29, 0.717) is 0 Å². The van der Waals surface area contributed by atoms with Gasteiger partial charge in [-0.3, -0.25) is 14.5 Å². The fraction of sp³-hybridized carbons (Fsp3) is 0.319. The molecule has 0 saturated carbocycles. The van der Waals surface area contributed by atoms with E-state index in [2.05, 4.69) is 10.0 Å². The van der Waals surface area contributed by atoms with E-state index in [1.807, 2.05) is 121 Å². The third-order valence-corrected chi connectivity index (χ3v) is 12.5. The molecule has 4 aliphatic heterocycles. The number of azide groups is 1. The van der Waals surface area contributed by atoms with Crippen molar-refractivity contribution in [1.29, 1.82) is 0 Å². The van der Waals surface area contributed by atoms with Crippen molar-refractivity contribution in [2.24, 2.45) is 5.11 Å². The van der Waals surface area contributed by atoms with E-state index in [1.54, 1.807) is 24.3 Å². The number of thioether (sulfide) groups is 1. The van der Waals surface area contributed by atoms with E-state index < -0.39 is 78.5 Å². The van der Waals surface area contributed by atoms with Gasteiger partial charge in [0.15, 0.2) is 12.6 Å². The molecular formula is C47H44N4O10S. The normalized spacial score (nSPS) is 29.4. The standard InChI is InChI=1S/C47H44N4O10S/c48-50-49-37-42(56-26-30-17-7-2-8-18-30)41(55-25-29-15-5-1-6-16-29)36(60-47(37)62-32-21-11-4-12-22-32)28-58-46-38(51-43(53)33-23-13-14-24-34(33)44(51)54)39(52)40-35(59-46)27-57-45(61-40)31-19-9-3-10-20-31/h1-24,35-42,45-47,52H,25-28H2/t35-,36-,37-,38-,39-,40-,41-,42-,45?,46-,47+/m1/s1. The number of carbonyl (C=O) groups is 2. The predicted molar refractivity (Wildman–Crippen MR) is 225 cm³/mol. The van der Waals surface area contributed by atoms with Crippen molar-refractivity contribution >= 4 is 23.6 Å². The number of imide groups is 1. The molecule has 0 aromatic heterocycles. The van der Waals surface area contributed by atoms with Gasteiger partial charge in [-0.05, 0) is 40.9 Å². The lowest BCUT2D eigenvalue weighted by Gasteiger charge is -2.50. The minimum atomic E-state index is -1.45. The number of hydrogen-bond acceptors (Lipinski definition) is 12. The number of rotatable bonds is 14. The predicted octanol–water partition coefficient (Wildman–Crippen LogP) is 7.23. The van der Waals surface area contributed by atoms with Gasteiger partial charge in [-0.2, -0.15) is 0 Å². The van der Waals surface area contributed by atoms with Gasteiger partial charge < -0.3 is 38.3 Å². The Morgan fingerprint density at radius 2 is 1.27 bits per heavy atom. The van der Waals surface area contributed by atoms with Crippen LogP contribution in [0.1, 0.15) is 43.7 Å². The Balaban J connectivity index is 1.05. The molecule has 1 N–H and O–H groups in total. The summed E-state index contributed by atoms with van der Waals surface area (Å²) >= 11 is 1.37. The van der Waals surface area contributed by atoms with Gasteiger partial charge in [0.05, 0.1) is 43.7 Å². The Kier molecular flexibility index (Phi) is 13.1. The molecule has 5 aromatic rings. The highest BCUT2D eigenvalue weighted by Crippen LogP contribution is 2.41. The van der Waals surface area contributed by atoms with Gasteiger partial charge in [0.25, 0.3) is 11.8 Å². The van der Waals surface area contributed by atoms with Gasteiger partial charge >= 0.3 is 0 Å². The zero-order valence-corrected chi connectivity index (χ0v) is 34.2. The van der Waals surface area contributed by atoms with Crippen LogP contribution >= 0.6 is 11.8 Å². The molecule has 14 nitrogen and oxygen atoms in total. The second-order valence-corrected chi connectivity index (χ2v) is 16.4. The molecule has 2 amide bonds. The van der Waals surface area contributed by atoms with Crippen LogP contribution < -0.4 is 0 Å². The highest BCUT2D eigenvalue weighted by molar-refractivity contribution is 7.99. The van der Waals surface area contributed by atoms with Crippen molar-refractivity contribution in [2.75, 3.05) is 13.2 Å². The van der Waals surface area contributed by atoms with Gasteiger partial charge in [-0.1, -0.05) is 138 Å². The van der Waals surface area contributed by atoms with E-state index in [-0.39, 0.29) is 37.6 Å². The zero-order chi connectivity index (χ0) is 42.4. The van der Waals surface area contributed by atoms with Crippen LogP contribution in [0.3, 0.4) is 0 Å². The van der Waals surface area contributed by atoms with E-state index in [0.717, 1.165) is 26.5 Å². The molecule has 4 heterocycles. The lowest BCUT2D eigenvalue weighted by molar-refractivity contribution is -0.352. The molecule has 0 spiro atoms. The fourth-order valence-electron chi connectivity index (χ4n) is 8.30. The lowest BCUT2D eigenvalue weighted by atomic mass is 9.94. The molecular weight excluding hydrogens is 813 g/mol. The summed E-state index contributed by atoms with van der Waals surface area (Å²) in [6.07, 6.45) is -8.10. The number of aliphatic hydroxyl groups is 1. The Labute approximate surface area is 362 Å². The second-order valence-electron chi connectivity index (χ2n) is 15.3. The van der Waals surface area contributed by atoms with Crippen LogP contribution in [0, 0.1) is 0 Å². The van der Waals surface area contributed by atoms with Crippen LogP contribution in [-0.4, -0.2) is 95.5 Å². The monoisotopic (exact) mass is 856 g/mol. The quantitative estimate of drug-likeness (QED) is 0.0517. The Bertz CT molecular complexity index is 2310. The Morgan fingerprint density at radius 1 is 0.710 bits per heavy atom. The number of aliphatic hydroxyl groups excluding tert-OH is 1. The van der Waals surface area contributed by atoms with E-state index in [9.17, 15) is 20.2 Å². The number of carbonyl (C=O) groups excluding carboxylic acids is 2. The van der Waals surface area contributed by atoms with Crippen molar-refractivity contribution in [1.82, 2.24) is 4.90 Å². The van der Waals surface area contributed by atoms with Crippen molar-refractivity contribution in [3.63, 3.8) is 0 Å². The maximum atomic E-state index is 14.1. The van der Waals surface area contributed by atoms with Crippen LogP contribution in [0.4, 0.5) is 0 Å². The first-order chi connectivity index (χ1) is 30.5. The number of amides is 2. The molecule has 9 rings (SSSR count). The molecule has 5 aromatic carbocycles. The first kappa shape index (κ1) is 41.9. The summed E-state index contributed by atoms with van der Waals surface area (Å²) in [6.45, 7) is 0.144. The van der Waals surface area contributed by atoms with Gasteiger partial charge in [-0.25, -0.2) is 0 Å². The van der Waals surface area contributed by atoms with Gasteiger partial charge in [0.2, 0.25) is 0 Å². The summed E-state index contributed by atoms with van der Waals surface area (Å²) in [4.78, 5) is 33.3. The summed E-state index contributed by atoms with van der Waals surface area (Å²) < 4.78 is 45.8. The van der Waals surface area contributed by atoms with Crippen LogP contribution in [0.5, 0.6) is 0 Å². The molecule has 11 atom stereocenters. The first-order valence-electron chi connectivity index (χ1n) is 20.4. The average molecular weight is 857 g/mol. The smallest absolute Gasteiger partial charge is 0.262 e. The van der Waals surface area contributed by atoms with Crippen molar-refractivity contribution in [3.05, 3.63) is 184 Å². The van der Waals surface area contributed by atoms with Gasteiger partial charge in [0.1, 0.15) is 48.0 Å². The second kappa shape index (κ2) is 19.3. The summed E-state index contributed by atoms with van der Waals surface area (Å²) in [7, 11) is 0. The molecule has 1 unspecified atom stereocenters. The van der Waals surface area contributed by atoms with Gasteiger partial charge in [-0.15, -0.1) is 0 Å². The highest BCUT2D eigenvalue weighted by atomic mass is 32.2. The highest BCUT2D eigenvalue weighted by Gasteiger charge is 2.57. The van der Waals surface area contributed by atoms with E-state index in [1.165, 1.54) is 11.8 Å². The largest absolute Gasteiger partial charge is 0.388 e. The molecule has 0 bridgehead atoms. The fourth-order valence-corrected chi connectivity index (χ4v) is 9.43. The summed E-state index contributed by atoms with van der Waals surface area (Å²) in [5.41, 5.74) is 12.1.